The molecule has 26 heavy (non-hydrogen) atoms. The van der Waals surface area contributed by atoms with E-state index in [0.29, 0.717) is 24.0 Å². The first kappa shape index (κ1) is 16.5. The molecular formula is C23H30O3. The Morgan fingerprint density at radius 2 is 1.85 bits per heavy atom. The molecule has 0 spiro atoms. The Hall–Kier alpha value is -1.64. The second-order valence-electron chi connectivity index (χ2n) is 9.35. The predicted molar refractivity (Wildman–Crippen MR) is 103 cm³/mol. The Morgan fingerprint density at radius 3 is 2.62 bits per heavy atom. The predicted octanol–water partition coefficient (Wildman–Crippen LogP) is 6.53. The van der Waals surface area contributed by atoms with Crippen LogP contribution in [0.15, 0.2) is 16.5 Å². The van der Waals surface area contributed by atoms with Gasteiger partial charge in [-0.2, -0.15) is 0 Å². The van der Waals surface area contributed by atoms with Crippen molar-refractivity contribution < 1.29 is 13.9 Å². The van der Waals surface area contributed by atoms with Crippen molar-refractivity contribution in [1.29, 1.82) is 0 Å². The number of benzene rings is 1. The van der Waals surface area contributed by atoms with Gasteiger partial charge in [-0.05, 0) is 48.5 Å². The number of hydrogen-bond donors (Lipinski definition) is 0. The highest BCUT2D eigenvalue weighted by atomic mass is 16.7. The van der Waals surface area contributed by atoms with E-state index in [2.05, 4.69) is 33.8 Å². The Labute approximate surface area is 156 Å². The largest absolute Gasteiger partial charge is 0.460 e. The molecule has 0 radical (unpaired) electrons. The summed E-state index contributed by atoms with van der Waals surface area (Å²) in [5.74, 6) is 4.08. The highest BCUT2D eigenvalue weighted by Gasteiger charge is 2.52. The first-order valence-electron chi connectivity index (χ1n) is 10.3. The number of furan rings is 1. The van der Waals surface area contributed by atoms with E-state index in [0.717, 1.165) is 17.1 Å². The minimum Gasteiger partial charge on any atom is -0.460 e. The highest BCUT2D eigenvalue weighted by molar-refractivity contribution is 5.87. The molecular weight excluding hydrogens is 324 g/mol. The molecule has 3 unspecified atom stereocenters. The quantitative estimate of drug-likeness (QED) is 0.583. The van der Waals surface area contributed by atoms with E-state index >= 15 is 0 Å². The monoisotopic (exact) mass is 354 g/mol. The minimum absolute atomic E-state index is 0.183. The molecule has 140 valence electrons. The SMILES string of the molecule is CCC1(C)CCCC2(C)c3c(oc4cc5c(cc34)OCO5)C(C)CC[C@@H]12. The maximum atomic E-state index is 6.49. The lowest BCUT2D eigenvalue weighted by Gasteiger charge is -2.52. The molecule has 1 aromatic heterocycles. The van der Waals surface area contributed by atoms with Crippen LogP contribution in [0.4, 0.5) is 0 Å². The van der Waals surface area contributed by atoms with Crippen LogP contribution in [-0.4, -0.2) is 6.79 Å². The fraction of sp³-hybridized carbons (Fsp3) is 0.652. The van der Waals surface area contributed by atoms with E-state index in [-0.39, 0.29) is 5.41 Å². The van der Waals surface area contributed by atoms with E-state index in [4.69, 9.17) is 13.9 Å². The third-order valence-electron chi connectivity index (χ3n) is 7.98. The zero-order valence-corrected chi connectivity index (χ0v) is 16.5. The maximum Gasteiger partial charge on any atom is 0.231 e. The summed E-state index contributed by atoms with van der Waals surface area (Å²) in [7, 11) is 0. The topological polar surface area (TPSA) is 31.6 Å². The summed E-state index contributed by atoms with van der Waals surface area (Å²) in [6.45, 7) is 10.1. The van der Waals surface area contributed by atoms with Crippen molar-refractivity contribution in [3.63, 3.8) is 0 Å². The summed E-state index contributed by atoms with van der Waals surface area (Å²) in [6, 6.07) is 4.22. The zero-order valence-electron chi connectivity index (χ0n) is 16.5. The molecule has 0 saturated heterocycles. The number of hydrogen-bond acceptors (Lipinski definition) is 3. The van der Waals surface area contributed by atoms with Crippen molar-refractivity contribution in [2.24, 2.45) is 11.3 Å². The second kappa shape index (κ2) is 5.43. The first-order chi connectivity index (χ1) is 12.5. The molecule has 3 heteroatoms. The van der Waals surface area contributed by atoms with Gasteiger partial charge in [0.1, 0.15) is 11.3 Å². The average Bonchev–Trinajstić information content (AvgIpc) is 3.19. The molecule has 1 fully saturated rings. The van der Waals surface area contributed by atoms with Gasteiger partial charge < -0.3 is 13.9 Å². The van der Waals surface area contributed by atoms with Gasteiger partial charge in [0, 0.05) is 22.9 Å². The van der Waals surface area contributed by atoms with Crippen molar-refractivity contribution in [1.82, 2.24) is 0 Å². The van der Waals surface area contributed by atoms with Gasteiger partial charge in [0.25, 0.3) is 0 Å². The molecule has 5 rings (SSSR count). The highest BCUT2D eigenvalue weighted by Crippen LogP contribution is 2.61. The lowest BCUT2D eigenvalue weighted by Crippen LogP contribution is -2.45. The van der Waals surface area contributed by atoms with Gasteiger partial charge in [-0.15, -0.1) is 0 Å². The van der Waals surface area contributed by atoms with Crippen LogP contribution < -0.4 is 9.47 Å². The second-order valence-corrected chi connectivity index (χ2v) is 9.35. The van der Waals surface area contributed by atoms with Gasteiger partial charge in [0.05, 0.1) is 0 Å². The number of rotatable bonds is 1. The van der Waals surface area contributed by atoms with E-state index in [9.17, 15) is 0 Å². The number of fused-ring (bicyclic) bond motifs is 6. The lowest BCUT2D eigenvalue weighted by atomic mass is 9.52. The minimum atomic E-state index is 0.183. The summed E-state index contributed by atoms with van der Waals surface area (Å²) in [5, 5.41) is 1.26. The maximum absolute atomic E-state index is 6.49. The summed E-state index contributed by atoms with van der Waals surface area (Å²) in [5.41, 5.74) is 3.05. The molecule has 3 aliphatic rings. The molecule has 2 aliphatic carbocycles. The van der Waals surface area contributed by atoms with E-state index < -0.39 is 0 Å². The summed E-state index contributed by atoms with van der Waals surface area (Å²) < 4.78 is 17.8. The summed E-state index contributed by atoms with van der Waals surface area (Å²) in [6.07, 6.45) is 7.71. The van der Waals surface area contributed by atoms with Gasteiger partial charge in [-0.25, -0.2) is 0 Å². The average molecular weight is 354 g/mol. The first-order valence-corrected chi connectivity index (χ1v) is 10.3. The molecule has 2 aromatic rings. The Balaban J connectivity index is 1.77. The van der Waals surface area contributed by atoms with Crippen LogP contribution in [0, 0.1) is 11.3 Å². The van der Waals surface area contributed by atoms with Crippen molar-refractivity contribution in [3.8, 4) is 11.5 Å². The van der Waals surface area contributed by atoms with Gasteiger partial charge >= 0.3 is 0 Å². The molecule has 3 nitrogen and oxygen atoms in total. The molecule has 2 heterocycles. The molecule has 1 aliphatic heterocycles. The number of ether oxygens (including phenoxy) is 2. The molecule has 1 saturated carbocycles. The third-order valence-corrected chi connectivity index (χ3v) is 7.98. The fourth-order valence-corrected chi connectivity index (χ4v) is 6.36. The van der Waals surface area contributed by atoms with E-state index in [1.54, 1.807) is 0 Å². The normalized spacial score (nSPS) is 35.8. The van der Waals surface area contributed by atoms with Gasteiger partial charge in [-0.1, -0.05) is 40.5 Å². The molecule has 4 atom stereocenters. The zero-order chi connectivity index (χ0) is 18.1. The van der Waals surface area contributed by atoms with Crippen LogP contribution in [0.2, 0.25) is 0 Å². The Kier molecular flexibility index (Phi) is 3.45. The summed E-state index contributed by atoms with van der Waals surface area (Å²) >= 11 is 0. The van der Waals surface area contributed by atoms with Crippen molar-refractivity contribution in [3.05, 3.63) is 23.5 Å². The molecule has 0 bridgehead atoms. The van der Waals surface area contributed by atoms with E-state index in [1.165, 1.54) is 55.2 Å². The Morgan fingerprint density at radius 1 is 1.08 bits per heavy atom. The van der Waals surface area contributed by atoms with Crippen LogP contribution in [-0.2, 0) is 5.41 Å². The van der Waals surface area contributed by atoms with Crippen molar-refractivity contribution in [2.75, 3.05) is 6.79 Å². The van der Waals surface area contributed by atoms with Crippen LogP contribution in [0.25, 0.3) is 11.0 Å². The third kappa shape index (κ3) is 2.06. The van der Waals surface area contributed by atoms with Crippen molar-refractivity contribution in [2.45, 2.75) is 77.6 Å². The van der Waals surface area contributed by atoms with Crippen LogP contribution >= 0.6 is 0 Å². The molecule has 0 N–H and O–H groups in total. The molecule has 1 aromatic carbocycles. The van der Waals surface area contributed by atoms with Gasteiger partial charge in [-0.3, -0.25) is 0 Å². The van der Waals surface area contributed by atoms with Crippen LogP contribution in [0.5, 0.6) is 11.5 Å². The standard InChI is InChI=1S/C23H30O3/c1-5-22(3)9-6-10-23(4)19(22)8-7-14(2)21-20(23)15-11-17-18(25-13-24-17)12-16(15)26-21/h11-12,14,19H,5-10,13H2,1-4H3/t14?,19-,22?,23?/m0/s1. The summed E-state index contributed by atoms with van der Waals surface area (Å²) in [4.78, 5) is 0. The van der Waals surface area contributed by atoms with Crippen LogP contribution in [0.1, 0.15) is 83.5 Å². The van der Waals surface area contributed by atoms with E-state index in [1.807, 2.05) is 6.07 Å². The smallest absolute Gasteiger partial charge is 0.231 e. The van der Waals surface area contributed by atoms with Crippen LogP contribution in [0.3, 0.4) is 0 Å². The fourth-order valence-electron chi connectivity index (χ4n) is 6.36. The van der Waals surface area contributed by atoms with Gasteiger partial charge in [0.15, 0.2) is 11.5 Å². The molecule has 0 amide bonds. The Bertz CT molecular complexity index is 866. The van der Waals surface area contributed by atoms with Gasteiger partial charge in [0.2, 0.25) is 6.79 Å². The van der Waals surface area contributed by atoms with Crippen molar-refractivity contribution >= 4 is 11.0 Å². The lowest BCUT2D eigenvalue weighted by molar-refractivity contribution is 0.0314.